The maximum Gasteiger partial charge on any atom is 0.322 e. The monoisotopic (exact) mass is 385 g/mol. The summed E-state index contributed by atoms with van der Waals surface area (Å²) in [6.45, 7) is 4.83. The van der Waals surface area contributed by atoms with Crippen LogP contribution in [0.25, 0.3) is 0 Å². The molecule has 2 amide bonds. The first-order valence-corrected chi connectivity index (χ1v) is 10.7. The minimum absolute atomic E-state index is 0.00603. The van der Waals surface area contributed by atoms with E-state index in [1.165, 1.54) is 12.1 Å². The minimum Gasteiger partial charge on any atom is -0.466 e. The minimum atomic E-state index is -0.0592. The van der Waals surface area contributed by atoms with Gasteiger partial charge in [-0.05, 0) is 63.5 Å². The number of hydrogen-bond donors (Lipinski definition) is 1. The third kappa shape index (κ3) is 3.82. The topological polar surface area (TPSA) is 61.9 Å². The first-order valence-electron chi connectivity index (χ1n) is 10.7. The van der Waals surface area contributed by atoms with Crippen molar-refractivity contribution in [3.63, 3.8) is 0 Å². The molecule has 1 saturated carbocycles. The third-order valence-corrected chi connectivity index (χ3v) is 6.51. The van der Waals surface area contributed by atoms with Gasteiger partial charge in [0.25, 0.3) is 0 Å². The molecule has 1 aromatic rings. The molecule has 2 fully saturated rings. The number of amides is 2. The lowest BCUT2D eigenvalue weighted by Gasteiger charge is -2.40. The van der Waals surface area contributed by atoms with Crippen LogP contribution in [0.4, 0.5) is 16.2 Å². The van der Waals surface area contributed by atoms with Gasteiger partial charge in [0.1, 0.15) is 0 Å². The molecule has 6 nitrogen and oxygen atoms in total. The van der Waals surface area contributed by atoms with Crippen LogP contribution in [-0.2, 0) is 9.53 Å². The number of ether oxygens (including phenoxy) is 1. The average molecular weight is 386 g/mol. The summed E-state index contributed by atoms with van der Waals surface area (Å²) in [5, 5.41) is 3.16. The molecule has 0 radical (unpaired) electrons. The molecule has 152 valence electrons. The molecule has 0 aromatic heterocycles. The molecule has 1 aromatic carbocycles. The zero-order valence-electron chi connectivity index (χ0n) is 16.7. The maximum atomic E-state index is 13.0. The Morgan fingerprint density at radius 2 is 1.86 bits per heavy atom. The zero-order chi connectivity index (χ0) is 19.5. The van der Waals surface area contributed by atoms with Crippen molar-refractivity contribution in [2.75, 3.05) is 36.0 Å². The lowest BCUT2D eigenvalue weighted by Crippen LogP contribution is -2.52. The van der Waals surface area contributed by atoms with Gasteiger partial charge in [-0.25, -0.2) is 4.79 Å². The summed E-state index contributed by atoms with van der Waals surface area (Å²) in [6, 6.07) is 8.67. The second-order valence-electron chi connectivity index (χ2n) is 8.24. The highest BCUT2D eigenvalue weighted by molar-refractivity contribution is 5.97. The second-order valence-corrected chi connectivity index (χ2v) is 8.24. The molecule has 1 atom stereocenters. The lowest BCUT2D eigenvalue weighted by atomic mass is 9.82. The van der Waals surface area contributed by atoms with Gasteiger partial charge < -0.3 is 15.0 Å². The van der Waals surface area contributed by atoms with Gasteiger partial charge in [0.2, 0.25) is 0 Å². The van der Waals surface area contributed by atoms with Crippen molar-refractivity contribution in [1.29, 1.82) is 0 Å². The first kappa shape index (κ1) is 19.1. The van der Waals surface area contributed by atoms with Gasteiger partial charge in [-0.3, -0.25) is 9.69 Å². The van der Waals surface area contributed by atoms with Gasteiger partial charge in [-0.1, -0.05) is 12.1 Å². The molecule has 6 heteroatoms. The highest BCUT2D eigenvalue weighted by Gasteiger charge is 2.36. The van der Waals surface area contributed by atoms with Gasteiger partial charge in [0.15, 0.2) is 0 Å². The zero-order valence-corrected chi connectivity index (χ0v) is 16.7. The van der Waals surface area contributed by atoms with E-state index in [9.17, 15) is 9.59 Å². The molecular formula is C22H31N3O3. The van der Waals surface area contributed by atoms with Crippen molar-refractivity contribution in [2.24, 2.45) is 11.8 Å². The van der Waals surface area contributed by atoms with E-state index >= 15 is 0 Å². The van der Waals surface area contributed by atoms with Gasteiger partial charge in [0, 0.05) is 25.7 Å². The number of hydrogen-bond acceptors (Lipinski definition) is 4. The number of para-hydroxylation sites is 2. The Hall–Kier alpha value is -2.24. The molecule has 1 aliphatic carbocycles. The summed E-state index contributed by atoms with van der Waals surface area (Å²) in [4.78, 5) is 29.2. The Bertz CT molecular complexity index is 715. The molecule has 2 aliphatic heterocycles. The van der Waals surface area contributed by atoms with Crippen LogP contribution in [0.2, 0.25) is 0 Å². The van der Waals surface area contributed by atoms with Crippen LogP contribution in [-0.4, -0.2) is 44.3 Å². The Kier molecular flexibility index (Phi) is 5.74. The van der Waals surface area contributed by atoms with Gasteiger partial charge >= 0.3 is 12.0 Å². The summed E-state index contributed by atoms with van der Waals surface area (Å²) in [5.41, 5.74) is 2.20. The molecule has 2 heterocycles. The van der Waals surface area contributed by atoms with E-state index in [4.69, 9.17) is 4.74 Å². The number of nitrogens with zero attached hydrogens (tertiary/aromatic N) is 2. The number of nitrogens with one attached hydrogen (secondary N) is 1. The van der Waals surface area contributed by atoms with Crippen molar-refractivity contribution in [3.05, 3.63) is 24.3 Å². The van der Waals surface area contributed by atoms with Crippen molar-refractivity contribution in [2.45, 2.75) is 51.5 Å². The summed E-state index contributed by atoms with van der Waals surface area (Å²) in [5.74, 6) is 0.419. The first-order chi connectivity index (χ1) is 13.7. The predicted octanol–water partition coefficient (Wildman–Crippen LogP) is 3.55. The largest absolute Gasteiger partial charge is 0.466 e. The predicted molar refractivity (Wildman–Crippen MR) is 110 cm³/mol. The van der Waals surface area contributed by atoms with Crippen LogP contribution in [0, 0.1) is 11.8 Å². The third-order valence-electron chi connectivity index (χ3n) is 6.51. The molecule has 0 bridgehead atoms. The summed E-state index contributed by atoms with van der Waals surface area (Å²) in [7, 11) is 0. The van der Waals surface area contributed by atoms with Crippen LogP contribution >= 0.6 is 0 Å². The van der Waals surface area contributed by atoms with E-state index in [0.717, 1.165) is 50.9 Å². The Morgan fingerprint density at radius 1 is 1.11 bits per heavy atom. The Labute approximate surface area is 167 Å². The molecule has 1 N–H and O–H groups in total. The average Bonchev–Trinajstić information content (AvgIpc) is 3.21. The lowest BCUT2D eigenvalue weighted by molar-refractivity contribution is -0.149. The van der Waals surface area contributed by atoms with Gasteiger partial charge in [-0.15, -0.1) is 0 Å². The van der Waals surface area contributed by atoms with Crippen LogP contribution in [0.3, 0.4) is 0 Å². The van der Waals surface area contributed by atoms with E-state index in [2.05, 4.69) is 22.3 Å². The van der Waals surface area contributed by atoms with E-state index in [1.807, 2.05) is 24.0 Å². The highest BCUT2D eigenvalue weighted by atomic mass is 16.5. The standard InChI is InChI=1S/C22H31N3O3/c1-2-28-21(26)17-11-9-16(10-12-17)14-23-22(27)25-15-18-6-5-13-24(18)19-7-3-4-8-20(19)25/h3-4,7-8,16-18H,2,5-6,9-15H2,1H3,(H,23,27)/t16?,17?,18-/m0/s1. The van der Waals surface area contributed by atoms with Gasteiger partial charge in [-0.2, -0.15) is 0 Å². The van der Waals surface area contributed by atoms with Crippen molar-refractivity contribution in [3.8, 4) is 0 Å². The fraction of sp³-hybridized carbons (Fsp3) is 0.636. The fourth-order valence-electron chi connectivity index (χ4n) is 4.97. The Morgan fingerprint density at radius 3 is 2.61 bits per heavy atom. The molecular weight excluding hydrogens is 354 g/mol. The smallest absolute Gasteiger partial charge is 0.322 e. The molecule has 4 rings (SSSR count). The van der Waals surface area contributed by atoms with Crippen LogP contribution < -0.4 is 15.1 Å². The van der Waals surface area contributed by atoms with Crippen LogP contribution in [0.5, 0.6) is 0 Å². The summed E-state index contributed by atoms with van der Waals surface area (Å²) in [6.07, 6.45) is 6.01. The number of carbonyl (C=O) groups excluding carboxylic acids is 2. The molecule has 28 heavy (non-hydrogen) atoms. The number of fused-ring (bicyclic) bond motifs is 3. The molecule has 3 aliphatic rings. The van der Waals surface area contributed by atoms with E-state index in [1.54, 1.807) is 0 Å². The number of benzene rings is 1. The Balaban J connectivity index is 1.32. The number of urea groups is 1. The number of rotatable bonds is 4. The molecule has 0 unspecified atom stereocenters. The molecule has 0 spiro atoms. The van der Waals surface area contributed by atoms with Gasteiger partial charge in [0.05, 0.1) is 23.9 Å². The normalized spacial score (nSPS) is 26.4. The van der Waals surface area contributed by atoms with Crippen molar-refractivity contribution in [1.82, 2.24) is 5.32 Å². The summed E-state index contributed by atoms with van der Waals surface area (Å²) < 4.78 is 5.14. The number of carbonyl (C=O) groups is 2. The molecule has 1 saturated heterocycles. The summed E-state index contributed by atoms with van der Waals surface area (Å²) >= 11 is 0. The second kappa shape index (κ2) is 8.41. The number of anilines is 2. The van der Waals surface area contributed by atoms with Crippen molar-refractivity contribution < 1.29 is 14.3 Å². The SMILES string of the molecule is CCOC(=O)C1CCC(CNC(=O)N2C[C@@H]3CCCN3c3ccccc32)CC1. The maximum absolute atomic E-state index is 13.0. The fourth-order valence-corrected chi connectivity index (χ4v) is 4.97. The van der Waals surface area contributed by atoms with Crippen LogP contribution in [0.1, 0.15) is 45.4 Å². The van der Waals surface area contributed by atoms with Crippen LogP contribution in [0.15, 0.2) is 24.3 Å². The quantitative estimate of drug-likeness (QED) is 0.805. The van der Waals surface area contributed by atoms with E-state index < -0.39 is 0 Å². The van der Waals surface area contributed by atoms with E-state index in [0.29, 0.717) is 25.1 Å². The van der Waals surface area contributed by atoms with Crippen molar-refractivity contribution >= 4 is 23.4 Å². The van der Waals surface area contributed by atoms with E-state index in [-0.39, 0.29) is 17.9 Å². The number of esters is 1. The highest BCUT2D eigenvalue weighted by Crippen LogP contribution is 2.39.